The summed E-state index contributed by atoms with van der Waals surface area (Å²) in [6.07, 6.45) is 0.958. The van der Waals surface area contributed by atoms with Crippen molar-refractivity contribution in [2.24, 2.45) is 0 Å². The van der Waals surface area contributed by atoms with E-state index in [2.05, 4.69) is 20.9 Å². The largest absolute Gasteiger partial charge is 0.354 e. The summed E-state index contributed by atoms with van der Waals surface area (Å²) in [7, 11) is 0. The number of hydrogen-bond donors (Lipinski definition) is 3. The summed E-state index contributed by atoms with van der Waals surface area (Å²) < 4.78 is 0. The van der Waals surface area contributed by atoms with Crippen LogP contribution < -0.4 is 16.0 Å². The van der Waals surface area contributed by atoms with E-state index in [0.29, 0.717) is 12.3 Å². The number of rotatable bonds is 5. The standard InChI is InChI=1S/C11H20N4O2S/c16-10(9-8-18-11(17)14-9)13-2-1-5-15-6-3-12-4-7-15/h9,12H,1-8H2,(H,13,16)(H,14,17). The number of nitrogens with one attached hydrogen (secondary N) is 3. The van der Waals surface area contributed by atoms with Crippen LogP contribution in [0.5, 0.6) is 0 Å². The Morgan fingerprint density at radius 3 is 2.89 bits per heavy atom. The number of amides is 2. The molecule has 2 fully saturated rings. The Kier molecular flexibility index (Phi) is 5.27. The van der Waals surface area contributed by atoms with E-state index in [1.165, 1.54) is 11.8 Å². The molecule has 1 unspecified atom stereocenters. The third kappa shape index (κ3) is 4.15. The summed E-state index contributed by atoms with van der Waals surface area (Å²) in [5, 5.41) is 8.72. The van der Waals surface area contributed by atoms with Crippen molar-refractivity contribution in [3.63, 3.8) is 0 Å². The number of thioether (sulfide) groups is 1. The van der Waals surface area contributed by atoms with Crippen LogP contribution in [0.1, 0.15) is 6.42 Å². The summed E-state index contributed by atoms with van der Waals surface area (Å²) >= 11 is 1.17. The van der Waals surface area contributed by atoms with Crippen LogP contribution in [-0.2, 0) is 4.79 Å². The highest BCUT2D eigenvalue weighted by Crippen LogP contribution is 2.12. The summed E-state index contributed by atoms with van der Waals surface area (Å²) in [6.45, 7) is 5.98. The third-order valence-electron chi connectivity index (χ3n) is 3.15. The molecule has 0 bridgehead atoms. The maximum atomic E-state index is 11.7. The second kappa shape index (κ2) is 6.96. The molecule has 2 rings (SSSR count). The Labute approximate surface area is 111 Å². The Morgan fingerprint density at radius 1 is 1.44 bits per heavy atom. The van der Waals surface area contributed by atoms with Crippen LogP contribution in [0.15, 0.2) is 0 Å². The lowest BCUT2D eigenvalue weighted by Gasteiger charge is -2.27. The molecule has 0 aromatic rings. The highest BCUT2D eigenvalue weighted by atomic mass is 32.2. The van der Waals surface area contributed by atoms with Gasteiger partial charge >= 0.3 is 0 Å². The van der Waals surface area contributed by atoms with Crippen LogP contribution in [0.2, 0.25) is 0 Å². The van der Waals surface area contributed by atoms with Crippen LogP contribution in [0, 0.1) is 0 Å². The van der Waals surface area contributed by atoms with Crippen molar-refractivity contribution in [3.05, 3.63) is 0 Å². The van der Waals surface area contributed by atoms with Gasteiger partial charge in [-0.2, -0.15) is 0 Å². The van der Waals surface area contributed by atoms with Crippen molar-refractivity contribution in [1.82, 2.24) is 20.9 Å². The molecule has 6 nitrogen and oxygen atoms in total. The minimum absolute atomic E-state index is 0.0614. The number of piperazine rings is 1. The van der Waals surface area contributed by atoms with Gasteiger partial charge in [0.05, 0.1) is 0 Å². The minimum Gasteiger partial charge on any atom is -0.354 e. The van der Waals surface area contributed by atoms with E-state index in [0.717, 1.165) is 39.1 Å². The quantitative estimate of drug-likeness (QED) is 0.573. The summed E-state index contributed by atoms with van der Waals surface area (Å²) in [5.74, 6) is 0.483. The van der Waals surface area contributed by atoms with Crippen molar-refractivity contribution in [1.29, 1.82) is 0 Å². The average molecular weight is 272 g/mol. The van der Waals surface area contributed by atoms with Crippen LogP contribution >= 0.6 is 11.8 Å². The second-order valence-electron chi connectivity index (χ2n) is 4.53. The van der Waals surface area contributed by atoms with E-state index in [-0.39, 0.29) is 17.2 Å². The fourth-order valence-electron chi connectivity index (χ4n) is 2.10. The second-order valence-corrected chi connectivity index (χ2v) is 5.52. The zero-order valence-corrected chi connectivity index (χ0v) is 11.2. The molecule has 3 N–H and O–H groups in total. The zero-order valence-electron chi connectivity index (χ0n) is 10.4. The van der Waals surface area contributed by atoms with Crippen molar-refractivity contribution in [2.75, 3.05) is 45.0 Å². The number of nitrogens with zero attached hydrogens (tertiary/aromatic N) is 1. The molecule has 2 aliphatic rings. The first-order valence-electron chi connectivity index (χ1n) is 6.40. The van der Waals surface area contributed by atoms with Gasteiger partial charge < -0.3 is 20.9 Å². The van der Waals surface area contributed by atoms with E-state index in [1.807, 2.05) is 0 Å². The molecule has 0 spiro atoms. The van der Waals surface area contributed by atoms with Crippen LogP contribution in [-0.4, -0.2) is 67.1 Å². The van der Waals surface area contributed by atoms with Gasteiger partial charge in [-0.05, 0) is 13.0 Å². The van der Waals surface area contributed by atoms with E-state index < -0.39 is 0 Å². The monoisotopic (exact) mass is 272 g/mol. The van der Waals surface area contributed by atoms with Crippen molar-refractivity contribution < 1.29 is 9.59 Å². The molecular weight excluding hydrogens is 252 g/mol. The Balaban J connectivity index is 1.54. The first-order chi connectivity index (χ1) is 8.75. The molecule has 18 heavy (non-hydrogen) atoms. The summed E-state index contributed by atoms with van der Waals surface area (Å²) in [6, 6.07) is -0.346. The van der Waals surface area contributed by atoms with E-state index >= 15 is 0 Å². The Hall–Kier alpha value is -0.790. The van der Waals surface area contributed by atoms with Crippen LogP contribution in [0.4, 0.5) is 4.79 Å². The Morgan fingerprint density at radius 2 is 2.22 bits per heavy atom. The molecule has 1 atom stereocenters. The first kappa shape index (κ1) is 13.6. The number of hydrogen-bond acceptors (Lipinski definition) is 5. The summed E-state index contributed by atoms with van der Waals surface area (Å²) in [5.41, 5.74) is 0. The van der Waals surface area contributed by atoms with Gasteiger partial charge in [0.15, 0.2) is 0 Å². The highest BCUT2D eigenvalue weighted by Gasteiger charge is 2.27. The van der Waals surface area contributed by atoms with E-state index in [4.69, 9.17) is 0 Å². The molecule has 0 radical (unpaired) electrons. The molecule has 0 aromatic carbocycles. The number of carbonyl (C=O) groups excluding carboxylic acids is 2. The number of carbonyl (C=O) groups is 2. The molecule has 0 aliphatic carbocycles. The third-order valence-corrected chi connectivity index (χ3v) is 4.03. The molecule has 2 aliphatic heterocycles. The molecule has 0 saturated carbocycles. The normalized spacial score (nSPS) is 24.9. The summed E-state index contributed by atoms with van der Waals surface area (Å²) in [4.78, 5) is 25.0. The maximum Gasteiger partial charge on any atom is 0.279 e. The fraction of sp³-hybridized carbons (Fsp3) is 0.818. The molecule has 0 aromatic heterocycles. The van der Waals surface area contributed by atoms with Gasteiger partial charge in [-0.25, -0.2) is 0 Å². The molecule has 2 saturated heterocycles. The predicted octanol–water partition coefficient (Wildman–Crippen LogP) is -0.777. The van der Waals surface area contributed by atoms with Gasteiger partial charge in [-0.1, -0.05) is 11.8 Å². The fourth-order valence-corrected chi connectivity index (χ4v) is 2.88. The van der Waals surface area contributed by atoms with Gasteiger partial charge in [0.1, 0.15) is 6.04 Å². The molecule has 2 amide bonds. The smallest absolute Gasteiger partial charge is 0.279 e. The maximum absolute atomic E-state index is 11.7. The molecule has 102 valence electrons. The van der Waals surface area contributed by atoms with Crippen LogP contribution in [0.3, 0.4) is 0 Å². The minimum atomic E-state index is -0.346. The lowest BCUT2D eigenvalue weighted by atomic mass is 10.3. The van der Waals surface area contributed by atoms with Crippen molar-refractivity contribution >= 4 is 22.9 Å². The molecule has 2 heterocycles. The van der Waals surface area contributed by atoms with Crippen LogP contribution in [0.25, 0.3) is 0 Å². The van der Waals surface area contributed by atoms with Gasteiger partial charge in [0.2, 0.25) is 5.91 Å². The van der Waals surface area contributed by atoms with E-state index in [1.54, 1.807) is 0 Å². The average Bonchev–Trinajstić information content (AvgIpc) is 2.82. The van der Waals surface area contributed by atoms with Gasteiger partial charge in [-0.3, -0.25) is 9.59 Å². The van der Waals surface area contributed by atoms with Crippen molar-refractivity contribution in [3.8, 4) is 0 Å². The van der Waals surface area contributed by atoms with Gasteiger partial charge in [0, 0.05) is 38.5 Å². The topological polar surface area (TPSA) is 73.5 Å². The zero-order chi connectivity index (χ0) is 12.8. The van der Waals surface area contributed by atoms with Gasteiger partial charge in [0.25, 0.3) is 5.24 Å². The Bertz CT molecular complexity index is 307. The van der Waals surface area contributed by atoms with E-state index in [9.17, 15) is 9.59 Å². The van der Waals surface area contributed by atoms with Gasteiger partial charge in [-0.15, -0.1) is 0 Å². The first-order valence-corrected chi connectivity index (χ1v) is 7.38. The SMILES string of the molecule is O=C1NC(C(=O)NCCCN2CCNCC2)CS1. The molecule has 7 heteroatoms. The lowest BCUT2D eigenvalue weighted by molar-refractivity contribution is -0.122. The highest BCUT2D eigenvalue weighted by molar-refractivity contribution is 8.14. The predicted molar refractivity (Wildman–Crippen MR) is 71.7 cm³/mol. The van der Waals surface area contributed by atoms with Crippen molar-refractivity contribution in [2.45, 2.75) is 12.5 Å². The molecular formula is C11H20N4O2S. The lowest BCUT2D eigenvalue weighted by Crippen LogP contribution is -2.45.